The number of hydrogen-bond acceptors (Lipinski definition) is 8. The molecule has 4 rings (SSSR count). The van der Waals surface area contributed by atoms with Gasteiger partial charge in [0, 0.05) is 57.6 Å². The van der Waals surface area contributed by atoms with Gasteiger partial charge in [-0.15, -0.1) is 11.3 Å². The molecular weight excluding hydrogens is 438 g/mol. The molecule has 0 radical (unpaired) electrons. The van der Waals surface area contributed by atoms with Gasteiger partial charge in [-0.1, -0.05) is 0 Å². The van der Waals surface area contributed by atoms with E-state index in [0.29, 0.717) is 33.2 Å². The van der Waals surface area contributed by atoms with Crippen molar-refractivity contribution in [2.75, 3.05) is 17.6 Å². The molecule has 0 bridgehead atoms. The summed E-state index contributed by atoms with van der Waals surface area (Å²) in [7, 11) is 0. The number of nitrogens with one attached hydrogen (secondary N) is 1. The molecular formula is C24H23N5O3S. The smallest absolute Gasteiger partial charge is 0.275 e. The lowest BCUT2D eigenvalue weighted by Crippen LogP contribution is -2.22. The van der Waals surface area contributed by atoms with Crippen LogP contribution in [-0.4, -0.2) is 39.3 Å². The summed E-state index contributed by atoms with van der Waals surface area (Å²) in [6.07, 6.45) is 8.11. The van der Waals surface area contributed by atoms with Crippen LogP contribution in [0.2, 0.25) is 0 Å². The summed E-state index contributed by atoms with van der Waals surface area (Å²) in [5.74, 6) is -0.352. The van der Waals surface area contributed by atoms with E-state index in [1.165, 1.54) is 11.3 Å². The van der Waals surface area contributed by atoms with Gasteiger partial charge in [-0.05, 0) is 44.2 Å². The van der Waals surface area contributed by atoms with Crippen LogP contribution in [0.5, 0.6) is 0 Å². The van der Waals surface area contributed by atoms with Gasteiger partial charge in [0.25, 0.3) is 5.91 Å². The summed E-state index contributed by atoms with van der Waals surface area (Å²) >= 11 is 1.37. The average Bonchev–Trinajstić information content (AvgIpc) is 3.48. The Bertz CT molecular complexity index is 1280. The quantitative estimate of drug-likeness (QED) is 0.275. The molecule has 0 unspecified atom stereocenters. The van der Waals surface area contributed by atoms with E-state index in [4.69, 9.17) is 10.2 Å². The highest BCUT2D eigenvalue weighted by molar-refractivity contribution is 7.13. The summed E-state index contributed by atoms with van der Waals surface area (Å²) in [5, 5.41) is 15.2. The Hall–Kier alpha value is -3.82. The van der Waals surface area contributed by atoms with E-state index < -0.39 is 5.60 Å². The van der Waals surface area contributed by atoms with E-state index in [1.807, 2.05) is 12.1 Å². The molecule has 4 aromatic rings. The van der Waals surface area contributed by atoms with E-state index >= 15 is 0 Å². The molecule has 4 N–H and O–H groups in total. The van der Waals surface area contributed by atoms with Crippen molar-refractivity contribution in [1.82, 2.24) is 9.97 Å². The van der Waals surface area contributed by atoms with E-state index in [-0.39, 0.29) is 12.5 Å². The van der Waals surface area contributed by atoms with Crippen molar-refractivity contribution in [1.29, 1.82) is 0 Å². The molecule has 0 spiro atoms. The highest BCUT2D eigenvalue weighted by atomic mass is 32.1. The molecule has 3 aromatic heterocycles. The Kier molecular flexibility index (Phi) is 6.34. The van der Waals surface area contributed by atoms with Crippen LogP contribution < -0.4 is 11.1 Å². The molecule has 3 heterocycles. The van der Waals surface area contributed by atoms with Crippen molar-refractivity contribution in [2.45, 2.75) is 19.4 Å². The third-order valence-corrected chi connectivity index (χ3v) is 5.55. The van der Waals surface area contributed by atoms with Crippen LogP contribution in [-0.2, 0) is 0 Å². The van der Waals surface area contributed by atoms with Gasteiger partial charge >= 0.3 is 0 Å². The van der Waals surface area contributed by atoms with Gasteiger partial charge in [-0.3, -0.25) is 14.8 Å². The lowest BCUT2D eigenvalue weighted by Gasteiger charge is -2.14. The molecule has 168 valence electrons. The number of carbonyl (C=O) groups is 1. The van der Waals surface area contributed by atoms with Crippen molar-refractivity contribution in [3.05, 3.63) is 71.9 Å². The monoisotopic (exact) mass is 461 g/mol. The molecule has 0 atom stereocenters. The zero-order valence-corrected chi connectivity index (χ0v) is 19.0. The predicted molar refractivity (Wildman–Crippen MR) is 131 cm³/mol. The summed E-state index contributed by atoms with van der Waals surface area (Å²) in [4.78, 5) is 25.8. The minimum Gasteiger partial charge on any atom is -0.472 e. The lowest BCUT2D eigenvalue weighted by molar-refractivity contribution is 0.0905. The molecule has 0 aliphatic heterocycles. The second-order valence-electron chi connectivity index (χ2n) is 8.05. The standard InChI is InChI=1S/C24H23N5O3S/c1-24(2,31)14-27-11-17-8-20(18(9-19(17)25)16-5-7-32-12-16)28-22(30)21-13-33-23(29-21)15-4-3-6-26-10-15/h3-13,31H,14,25H2,1-2H3,(H,28,30). The van der Waals surface area contributed by atoms with Crippen molar-refractivity contribution in [2.24, 2.45) is 4.99 Å². The molecule has 0 aliphatic carbocycles. The number of nitrogens with zero attached hydrogens (tertiary/aromatic N) is 3. The number of thiazole rings is 1. The number of anilines is 2. The molecule has 9 heteroatoms. The molecule has 1 aromatic carbocycles. The van der Waals surface area contributed by atoms with E-state index in [0.717, 1.165) is 11.1 Å². The predicted octanol–water partition coefficient (Wildman–Crippen LogP) is 4.49. The topological polar surface area (TPSA) is 127 Å². The number of pyridine rings is 1. The van der Waals surface area contributed by atoms with E-state index in [1.54, 1.807) is 68.6 Å². The normalized spacial score (nSPS) is 11.7. The van der Waals surface area contributed by atoms with Gasteiger partial charge < -0.3 is 20.6 Å². The summed E-state index contributed by atoms with van der Waals surface area (Å²) in [6.45, 7) is 3.57. The molecule has 0 saturated carbocycles. The molecule has 1 amide bonds. The van der Waals surface area contributed by atoms with Crippen LogP contribution in [0.25, 0.3) is 21.7 Å². The average molecular weight is 462 g/mol. The van der Waals surface area contributed by atoms with Crippen molar-refractivity contribution in [3.63, 3.8) is 0 Å². The third-order valence-electron chi connectivity index (χ3n) is 4.66. The summed E-state index contributed by atoms with van der Waals surface area (Å²) < 4.78 is 5.21. The number of aliphatic hydroxyl groups is 1. The van der Waals surface area contributed by atoms with Gasteiger partial charge in [0.2, 0.25) is 0 Å². The molecule has 8 nitrogen and oxygen atoms in total. The molecule has 0 aliphatic rings. The van der Waals surface area contributed by atoms with Gasteiger partial charge in [0.1, 0.15) is 10.7 Å². The van der Waals surface area contributed by atoms with Gasteiger partial charge in [-0.2, -0.15) is 0 Å². The Balaban J connectivity index is 1.64. The fourth-order valence-corrected chi connectivity index (χ4v) is 3.85. The number of hydrogen-bond donors (Lipinski definition) is 3. The molecule has 0 saturated heterocycles. The van der Waals surface area contributed by atoms with Crippen LogP contribution >= 0.6 is 11.3 Å². The first-order valence-corrected chi connectivity index (χ1v) is 11.0. The lowest BCUT2D eigenvalue weighted by atomic mass is 10.0. The maximum absolute atomic E-state index is 13.0. The van der Waals surface area contributed by atoms with Crippen molar-refractivity contribution in [3.8, 4) is 21.7 Å². The molecule has 33 heavy (non-hydrogen) atoms. The number of rotatable bonds is 7. The second kappa shape index (κ2) is 9.35. The largest absolute Gasteiger partial charge is 0.472 e. The Morgan fingerprint density at radius 2 is 2.18 bits per heavy atom. The maximum atomic E-state index is 13.0. The number of nitrogen functional groups attached to an aromatic ring is 1. The highest BCUT2D eigenvalue weighted by Gasteiger charge is 2.17. The Labute approximate surface area is 194 Å². The van der Waals surface area contributed by atoms with Crippen molar-refractivity contribution >= 4 is 34.8 Å². The zero-order valence-electron chi connectivity index (χ0n) is 18.1. The minimum absolute atomic E-state index is 0.216. The van der Waals surface area contributed by atoms with Gasteiger partial charge in [0.05, 0.1) is 24.7 Å². The van der Waals surface area contributed by atoms with Crippen LogP contribution in [0.1, 0.15) is 29.9 Å². The number of nitrogens with two attached hydrogens (primary N) is 1. The summed E-state index contributed by atoms with van der Waals surface area (Å²) in [5.41, 5.74) is 9.57. The first kappa shape index (κ1) is 22.4. The number of benzene rings is 1. The SMILES string of the molecule is CC(C)(O)CN=Cc1cc(NC(=O)c2csc(-c3cccnc3)n2)c(-c2ccoc2)cc1N. The van der Waals surface area contributed by atoms with Crippen LogP contribution in [0.4, 0.5) is 11.4 Å². The first-order valence-electron chi connectivity index (χ1n) is 10.2. The minimum atomic E-state index is -0.935. The first-order chi connectivity index (χ1) is 15.8. The maximum Gasteiger partial charge on any atom is 0.275 e. The van der Waals surface area contributed by atoms with Crippen LogP contribution in [0.15, 0.2) is 70.0 Å². The Morgan fingerprint density at radius 1 is 1.33 bits per heavy atom. The van der Waals surface area contributed by atoms with Gasteiger partial charge in [-0.25, -0.2) is 4.98 Å². The Morgan fingerprint density at radius 3 is 2.88 bits per heavy atom. The number of aromatic nitrogens is 2. The number of carbonyl (C=O) groups excluding carboxylic acids is 1. The molecule has 0 fully saturated rings. The van der Waals surface area contributed by atoms with Crippen molar-refractivity contribution < 1.29 is 14.3 Å². The highest BCUT2D eigenvalue weighted by Crippen LogP contribution is 2.33. The van der Waals surface area contributed by atoms with E-state index in [9.17, 15) is 9.90 Å². The number of amides is 1. The third kappa shape index (κ3) is 5.51. The summed E-state index contributed by atoms with van der Waals surface area (Å²) in [6, 6.07) is 9.01. The zero-order chi connectivity index (χ0) is 23.4. The fraction of sp³-hybridized carbons (Fsp3) is 0.167. The fourth-order valence-electron chi connectivity index (χ4n) is 3.06. The number of aliphatic imine (C=N–C) groups is 1. The van der Waals surface area contributed by atoms with Gasteiger partial charge in [0.15, 0.2) is 0 Å². The van der Waals surface area contributed by atoms with Crippen LogP contribution in [0.3, 0.4) is 0 Å². The van der Waals surface area contributed by atoms with E-state index in [2.05, 4.69) is 20.3 Å². The number of furan rings is 1. The second-order valence-corrected chi connectivity index (χ2v) is 8.91. The van der Waals surface area contributed by atoms with Crippen LogP contribution in [0, 0.1) is 0 Å².